The van der Waals surface area contributed by atoms with E-state index < -0.39 is 36.3 Å². The standard InChI is InChI=1S/C10H19N3O4/c1-3-5(2)8(12)9(15)13-6(10(16)17)4-7(11)14/h5-6,8H,3-4,12H2,1-2H3,(H2,11,14)(H,13,15)(H,16,17)/t5?,6-,8?/m0/s1. The van der Waals surface area contributed by atoms with Crippen molar-refractivity contribution in [2.45, 2.75) is 38.8 Å². The number of amides is 2. The molecule has 0 aromatic rings. The number of carbonyl (C=O) groups excluding carboxylic acids is 2. The molecule has 7 nitrogen and oxygen atoms in total. The van der Waals surface area contributed by atoms with E-state index in [1.54, 1.807) is 6.92 Å². The van der Waals surface area contributed by atoms with Gasteiger partial charge in [-0.3, -0.25) is 9.59 Å². The van der Waals surface area contributed by atoms with Crippen LogP contribution in [0.3, 0.4) is 0 Å². The summed E-state index contributed by atoms with van der Waals surface area (Å²) in [5, 5.41) is 11.0. The van der Waals surface area contributed by atoms with Crippen molar-refractivity contribution in [2.24, 2.45) is 17.4 Å². The Morgan fingerprint density at radius 2 is 1.88 bits per heavy atom. The van der Waals surface area contributed by atoms with Gasteiger partial charge in [-0.05, 0) is 5.92 Å². The summed E-state index contributed by atoms with van der Waals surface area (Å²) in [4.78, 5) is 33.0. The number of hydrogen-bond acceptors (Lipinski definition) is 4. The summed E-state index contributed by atoms with van der Waals surface area (Å²) >= 11 is 0. The highest BCUT2D eigenvalue weighted by Crippen LogP contribution is 2.05. The molecule has 0 heterocycles. The predicted octanol–water partition coefficient (Wildman–Crippen LogP) is -1.20. The molecule has 0 saturated carbocycles. The Morgan fingerprint density at radius 3 is 2.24 bits per heavy atom. The highest BCUT2D eigenvalue weighted by molar-refractivity contribution is 5.90. The van der Waals surface area contributed by atoms with Crippen LogP contribution < -0.4 is 16.8 Å². The van der Waals surface area contributed by atoms with Gasteiger partial charge < -0.3 is 21.9 Å². The highest BCUT2D eigenvalue weighted by Gasteiger charge is 2.26. The summed E-state index contributed by atoms with van der Waals surface area (Å²) in [6, 6.07) is -2.12. The molecule has 0 rings (SSSR count). The van der Waals surface area contributed by atoms with E-state index in [0.29, 0.717) is 6.42 Å². The maximum Gasteiger partial charge on any atom is 0.326 e. The molecule has 98 valence electrons. The molecule has 0 aromatic heterocycles. The SMILES string of the molecule is CCC(C)C(N)C(=O)N[C@@H](CC(N)=O)C(=O)O. The first-order chi connectivity index (χ1) is 7.79. The third kappa shape index (κ3) is 5.30. The lowest BCUT2D eigenvalue weighted by Gasteiger charge is -2.20. The van der Waals surface area contributed by atoms with Gasteiger partial charge in [-0.2, -0.15) is 0 Å². The van der Waals surface area contributed by atoms with E-state index in [1.807, 2.05) is 6.92 Å². The number of carbonyl (C=O) groups is 3. The number of aliphatic carboxylic acids is 1. The summed E-state index contributed by atoms with van der Waals surface area (Å²) in [6.07, 6.45) is 0.246. The first-order valence-corrected chi connectivity index (χ1v) is 5.36. The van der Waals surface area contributed by atoms with E-state index in [1.165, 1.54) is 0 Å². The van der Waals surface area contributed by atoms with Crippen molar-refractivity contribution in [2.75, 3.05) is 0 Å². The zero-order chi connectivity index (χ0) is 13.6. The molecule has 0 spiro atoms. The molecule has 0 aliphatic heterocycles. The Labute approximate surface area is 99.5 Å². The van der Waals surface area contributed by atoms with Gasteiger partial charge in [0.2, 0.25) is 11.8 Å². The van der Waals surface area contributed by atoms with E-state index in [2.05, 4.69) is 5.32 Å². The molecule has 2 amide bonds. The zero-order valence-electron chi connectivity index (χ0n) is 9.97. The Morgan fingerprint density at radius 1 is 1.35 bits per heavy atom. The Hall–Kier alpha value is -1.63. The zero-order valence-corrected chi connectivity index (χ0v) is 9.97. The van der Waals surface area contributed by atoms with Crippen LogP contribution in [0.25, 0.3) is 0 Å². The van der Waals surface area contributed by atoms with Gasteiger partial charge >= 0.3 is 5.97 Å². The van der Waals surface area contributed by atoms with Crippen LogP contribution in [-0.2, 0) is 14.4 Å². The molecular formula is C10H19N3O4. The topological polar surface area (TPSA) is 136 Å². The number of carboxylic acid groups (broad SMARTS) is 1. The molecule has 0 saturated heterocycles. The maximum atomic E-state index is 11.6. The van der Waals surface area contributed by atoms with Crippen LogP contribution in [0.15, 0.2) is 0 Å². The maximum absolute atomic E-state index is 11.6. The van der Waals surface area contributed by atoms with Gasteiger partial charge in [0.15, 0.2) is 0 Å². The fourth-order valence-corrected chi connectivity index (χ4v) is 1.18. The fraction of sp³-hybridized carbons (Fsp3) is 0.700. The van der Waals surface area contributed by atoms with Gasteiger partial charge in [0.25, 0.3) is 0 Å². The Balaban J connectivity index is 4.50. The molecule has 0 aromatic carbocycles. The molecule has 0 bridgehead atoms. The first kappa shape index (κ1) is 15.4. The van der Waals surface area contributed by atoms with Crippen molar-refractivity contribution < 1.29 is 19.5 Å². The summed E-state index contributed by atoms with van der Waals surface area (Å²) in [5.41, 5.74) is 10.5. The van der Waals surface area contributed by atoms with E-state index in [4.69, 9.17) is 16.6 Å². The number of hydrogen-bond donors (Lipinski definition) is 4. The molecule has 0 fully saturated rings. The summed E-state index contributed by atoms with van der Waals surface area (Å²) in [5.74, 6) is -2.77. The summed E-state index contributed by atoms with van der Waals surface area (Å²) < 4.78 is 0. The van der Waals surface area contributed by atoms with Gasteiger partial charge in [-0.15, -0.1) is 0 Å². The van der Waals surface area contributed by atoms with Crippen LogP contribution in [0.5, 0.6) is 0 Å². The van der Waals surface area contributed by atoms with Crippen LogP contribution in [-0.4, -0.2) is 35.0 Å². The van der Waals surface area contributed by atoms with E-state index in [-0.39, 0.29) is 5.92 Å². The quantitative estimate of drug-likeness (QED) is 0.447. The Kier molecular flexibility index (Phi) is 6.19. The number of nitrogens with two attached hydrogens (primary N) is 2. The molecule has 2 unspecified atom stereocenters. The molecule has 0 aliphatic rings. The third-order valence-electron chi connectivity index (χ3n) is 2.58. The normalized spacial score (nSPS) is 15.7. The lowest BCUT2D eigenvalue weighted by atomic mass is 9.99. The van der Waals surface area contributed by atoms with Gasteiger partial charge in [0, 0.05) is 0 Å². The molecule has 17 heavy (non-hydrogen) atoms. The van der Waals surface area contributed by atoms with Crippen molar-refractivity contribution in [3.63, 3.8) is 0 Å². The third-order valence-corrected chi connectivity index (χ3v) is 2.58. The largest absolute Gasteiger partial charge is 0.480 e. The first-order valence-electron chi connectivity index (χ1n) is 5.36. The lowest BCUT2D eigenvalue weighted by Crippen LogP contribution is -2.51. The molecule has 6 N–H and O–H groups in total. The predicted molar refractivity (Wildman–Crippen MR) is 60.8 cm³/mol. The van der Waals surface area contributed by atoms with Crippen molar-refractivity contribution in [1.82, 2.24) is 5.32 Å². The van der Waals surface area contributed by atoms with E-state index in [9.17, 15) is 14.4 Å². The van der Waals surface area contributed by atoms with Crippen molar-refractivity contribution in [3.05, 3.63) is 0 Å². The fourth-order valence-electron chi connectivity index (χ4n) is 1.18. The van der Waals surface area contributed by atoms with Gasteiger partial charge in [-0.25, -0.2) is 4.79 Å². The lowest BCUT2D eigenvalue weighted by molar-refractivity contribution is -0.143. The summed E-state index contributed by atoms with van der Waals surface area (Å²) in [6.45, 7) is 3.66. The minimum Gasteiger partial charge on any atom is -0.480 e. The molecular weight excluding hydrogens is 226 g/mol. The molecule has 0 radical (unpaired) electrons. The monoisotopic (exact) mass is 245 g/mol. The molecule has 0 aliphatic carbocycles. The van der Waals surface area contributed by atoms with Gasteiger partial charge in [-0.1, -0.05) is 20.3 Å². The minimum absolute atomic E-state index is 0.0713. The number of rotatable bonds is 7. The van der Waals surface area contributed by atoms with Crippen molar-refractivity contribution in [3.8, 4) is 0 Å². The van der Waals surface area contributed by atoms with Crippen LogP contribution in [0.2, 0.25) is 0 Å². The molecule has 7 heteroatoms. The molecule has 3 atom stereocenters. The number of primary amides is 1. The highest BCUT2D eigenvalue weighted by atomic mass is 16.4. The second-order valence-corrected chi connectivity index (χ2v) is 3.98. The van der Waals surface area contributed by atoms with Crippen molar-refractivity contribution >= 4 is 17.8 Å². The van der Waals surface area contributed by atoms with Crippen LogP contribution in [0, 0.1) is 5.92 Å². The second kappa shape index (κ2) is 6.85. The van der Waals surface area contributed by atoms with Gasteiger partial charge in [0.05, 0.1) is 12.5 Å². The average Bonchev–Trinajstić information content (AvgIpc) is 2.25. The van der Waals surface area contributed by atoms with Crippen LogP contribution in [0.4, 0.5) is 0 Å². The smallest absolute Gasteiger partial charge is 0.326 e. The van der Waals surface area contributed by atoms with E-state index in [0.717, 1.165) is 0 Å². The van der Waals surface area contributed by atoms with E-state index >= 15 is 0 Å². The van der Waals surface area contributed by atoms with Crippen LogP contribution in [0.1, 0.15) is 26.7 Å². The Bertz CT molecular complexity index is 306. The number of carboxylic acids is 1. The number of nitrogens with one attached hydrogen (secondary N) is 1. The summed E-state index contributed by atoms with van der Waals surface area (Å²) in [7, 11) is 0. The minimum atomic E-state index is -1.32. The van der Waals surface area contributed by atoms with Crippen LogP contribution >= 0.6 is 0 Å². The average molecular weight is 245 g/mol. The van der Waals surface area contributed by atoms with Gasteiger partial charge in [0.1, 0.15) is 6.04 Å². The van der Waals surface area contributed by atoms with Crippen molar-refractivity contribution in [1.29, 1.82) is 0 Å². The second-order valence-electron chi connectivity index (χ2n) is 3.98.